The number of aromatic nitrogens is 2. The maximum atomic E-state index is 12.0. The molecule has 0 spiro atoms. The number of aliphatic carboxylic acids is 1. The molecule has 24 heavy (non-hydrogen) atoms. The Morgan fingerprint density at radius 2 is 1.96 bits per heavy atom. The van der Waals surface area contributed by atoms with Crippen molar-refractivity contribution >= 4 is 11.9 Å². The molecule has 2 heterocycles. The molecule has 0 radical (unpaired) electrons. The first-order chi connectivity index (χ1) is 11.6. The van der Waals surface area contributed by atoms with Crippen LogP contribution in [0.1, 0.15) is 54.8 Å². The van der Waals surface area contributed by atoms with E-state index in [4.69, 9.17) is 9.52 Å². The minimum absolute atomic E-state index is 0.216. The van der Waals surface area contributed by atoms with Crippen LogP contribution in [0.2, 0.25) is 0 Å². The van der Waals surface area contributed by atoms with Gasteiger partial charge < -0.3 is 14.8 Å². The highest BCUT2D eigenvalue weighted by atomic mass is 16.4. The number of hydrogen-bond donors (Lipinski definition) is 3. The lowest BCUT2D eigenvalue weighted by molar-refractivity contribution is -0.137. The number of nitrogens with zero attached hydrogens (tertiary/aromatic N) is 1. The Morgan fingerprint density at radius 1 is 1.21 bits per heavy atom. The van der Waals surface area contributed by atoms with Gasteiger partial charge in [0.25, 0.3) is 5.91 Å². The standard InChI is InChI=1S/C17H23N3O4/c1-12-8-9-15(24-12)13-11-14(20-19-13)17(23)18-10-6-4-2-3-5-7-16(21)22/h8-9,11H,2-7,10H2,1H3,(H,18,23)(H,19,20)(H,21,22). The van der Waals surface area contributed by atoms with Crippen molar-refractivity contribution in [2.75, 3.05) is 6.54 Å². The summed E-state index contributed by atoms with van der Waals surface area (Å²) in [5, 5.41) is 18.2. The summed E-state index contributed by atoms with van der Waals surface area (Å²) in [6.07, 6.45) is 4.67. The van der Waals surface area contributed by atoms with Crippen LogP contribution in [0, 0.1) is 6.92 Å². The van der Waals surface area contributed by atoms with Crippen LogP contribution >= 0.6 is 0 Å². The molecule has 0 saturated carbocycles. The molecule has 0 aliphatic carbocycles. The van der Waals surface area contributed by atoms with Gasteiger partial charge in [-0.3, -0.25) is 14.7 Å². The largest absolute Gasteiger partial charge is 0.481 e. The van der Waals surface area contributed by atoms with Gasteiger partial charge in [0.1, 0.15) is 11.5 Å². The smallest absolute Gasteiger partial charge is 0.303 e. The monoisotopic (exact) mass is 333 g/mol. The Bertz CT molecular complexity index is 675. The summed E-state index contributed by atoms with van der Waals surface area (Å²) in [5.74, 6) is 0.492. The van der Waals surface area contributed by atoms with Crippen molar-refractivity contribution in [2.24, 2.45) is 0 Å². The van der Waals surface area contributed by atoms with E-state index in [1.165, 1.54) is 0 Å². The molecule has 2 aromatic heterocycles. The molecule has 0 fully saturated rings. The van der Waals surface area contributed by atoms with Gasteiger partial charge in [0.15, 0.2) is 11.5 Å². The van der Waals surface area contributed by atoms with Crippen LogP contribution in [0.25, 0.3) is 11.5 Å². The van der Waals surface area contributed by atoms with E-state index in [2.05, 4.69) is 15.5 Å². The number of nitrogens with one attached hydrogen (secondary N) is 2. The molecule has 0 aromatic carbocycles. The van der Waals surface area contributed by atoms with Crippen molar-refractivity contribution in [1.82, 2.24) is 15.5 Å². The van der Waals surface area contributed by atoms with E-state index < -0.39 is 5.97 Å². The van der Waals surface area contributed by atoms with E-state index >= 15 is 0 Å². The Kier molecular flexibility index (Phi) is 6.60. The molecule has 2 rings (SSSR count). The minimum atomic E-state index is -0.745. The van der Waals surface area contributed by atoms with E-state index in [1.54, 1.807) is 6.07 Å². The Morgan fingerprint density at radius 3 is 2.67 bits per heavy atom. The van der Waals surface area contributed by atoms with Crippen LogP contribution in [0.5, 0.6) is 0 Å². The number of carboxylic acids is 1. The maximum Gasteiger partial charge on any atom is 0.303 e. The number of amides is 1. The topological polar surface area (TPSA) is 108 Å². The summed E-state index contributed by atoms with van der Waals surface area (Å²) in [6, 6.07) is 5.35. The van der Waals surface area contributed by atoms with Crippen LogP contribution in [0.15, 0.2) is 22.6 Å². The number of aromatic amines is 1. The lowest BCUT2D eigenvalue weighted by atomic mass is 10.1. The van der Waals surface area contributed by atoms with Crippen LogP contribution in [-0.2, 0) is 4.79 Å². The van der Waals surface area contributed by atoms with Crippen LogP contribution < -0.4 is 5.32 Å². The number of unbranched alkanes of at least 4 members (excludes halogenated alkanes) is 4. The first kappa shape index (κ1) is 17.8. The molecule has 3 N–H and O–H groups in total. The van der Waals surface area contributed by atoms with Crippen molar-refractivity contribution in [1.29, 1.82) is 0 Å². The molecule has 0 atom stereocenters. The van der Waals surface area contributed by atoms with Crippen molar-refractivity contribution in [2.45, 2.75) is 45.4 Å². The van der Waals surface area contributed by atoms with Gasteiger partial charge in [0.05, 0.1) is 0 Å². The zero-order valence-electron chi connectivity index (χ0n) is 13.8. The summed E-state index contributed by atoms with van der Waals surface area (Å²) in [4.78, 5) is 22.4. The fraction of sp³-hybridized carbons (Fsp3) is 0.471. The Labute approximate surface area is 140 Å². The van der Waals surface area contributed by atoms with Gasteiger partial charge >= 0.3 is 5.97 Å². The summed E-state index contributed by atoms with van der Waals surface area (Å²) in [6.45, 7) is 2.44. The normalized spacial score (nSPS) is 10.7. The number of aryl methyl sites for hydroxylation is 1. The zero-order chi connectivity index (χ0) is 17.4. The highest BCUT2D eigenvalue weighted by Crippen LogP contribution is 2.20. The third-order valence-corrected chi connectivity index (χ3v) is 3.67. The summed E-state index contributed by atoms with van der Waals surface area (Å²) < 4.78 is 5.48. The fourth-order valence-electron chi connectivity index (χ4n) is 2.37. The van der Waals surface area contributed by atoms with Crippen molar-refractivity contribution in [3.8, 4) is 11.5 Å². The first-order valence-corrected chi connectivity index (χ1v) is 8.18. The van der Waals surface area contributed by atoms with Crippen molar-refractivity contribution in [3.05, 3.63) is 29.7 Å². The van der Waals surface area contributed by atoms with Gasteiger partial charge in [-0.2, -0.15) is 5.10 Å². The fourth-order valence-corrected chi connectivity index (χ4v) is 2.37. The van der Waals surface area contributed by atoms with Gasteiger partial charge in [0, 0.05) is 19.0 Å². The van der Waals surface area contributed by atoms with Crippen LogP contribution in [-0.4, -0.2) is 33.7 Å². The average Bonchev–Trinajstić information content (AvgIpc) is 3.18. The molecule has 7 heteroatoms. The third-order valence-electron chi connectivity index (χ3n) is 3.67. The second-order valence-corrected chi connectivity index (χ2v) is 5.74. The molecule has 0 unspecified atom stereocenters. The van der Waals surface area contributed by atoms with Gasteiger partial charge in [-0.1, -0.05) is 19.3 Å². The lowest BCUT2D eigenvalue weighted by Crippen LogP contribution is -2.24. The van der Waals surface area contributed by atoms with Crippen molar-refractivity contribution in [3.63, 3.8) is 0 Å². The zero-order valence-corrected chi connectivity index (χ0v) is 13.8. The number of carbonyl (C=O) groups excluding carboxylic acids is 1. The highest BCUT2D eigenvalue weighted by molar-refractivity contribution is 5.93. The summed E-state index contributed by atoms with van der Waals surface area (Å²) in [7, 11) is 0. The summed E-state index contributed by atoms with van der Waals surface area (Å²) >= 11 is 0. The third kappa shape index (κ3) is 5.57. The van der Waals surface area contributed by atoms with E-state index in [0.717, 1.165) is 31.4 Å². The van der Waals surface area contributed by atoms with Gasteiger partial charge in [-0.05, 0) is 31.9 Å². The SMILES string of the molecule is Cc1ccc(-c2cc(C(=O)NCCCCCCCC(=O)O)n[nH]2)o1. The number of hydrogen-bond acceptors (Lipinski definition) is 4. The van der Waals surface area contributed by atoms with E-state index in [-0.39, 0.29) is 12.3 Å². The molecule has 0 aliphatic rings. The maximum absolute atomic E-state index is 12.0. The highest BCUT2D eigenvalue weighted by Gasteiger charge is 2.12. The van der Waals surface area contributed by atoms with Gasteiger partial charge in [-0.15, -0.1) is 0 Å². The summed E-state index contributed by atoms with van der Waals surface area (Å²) in [5.41, 5.74) is 1.01. The Balaban J connectivity index is 1.64. The molecule has 0 aliphatic heterocycles. The molecular weight excluding hydrogens is 310 g/mol. The molecule has 1 amide bonds. The number of carbonyl (C=O) groups is 2. The molecular formula is C17H23N3O4. The molecule has 0 bridgehead atoms. The van der Waals surface area contributed by atoms with Gasteiger partial charge in [-0.25, -0.2) is 0 Å². The second kappa shape index (κ2) is 8.90. The first-order valence-electron chi connectivity index (χ1n) is 8.18. The molecule has 2 aromatic rings. The van der Waals surface area contributed by atoms with Crippen LogP contribution in [0.3, 0.4) is 0 Å². The van der Waals surface area contributed by atoms with Crippen LogP contribution in [0.4, 0.5) is 0 Å². The predicted molar refractivity (Wildman–Crippen MR) is 88.7 cm³/mol. The number of rotatable bonds is 10. The van der Waals surface area contributed by atoms with E-state index in [1.807, 2.05) is 19.1 Å². The molecule has 7 nitrogen and oxygen atoms in total. The van der Waals surface area contributed by atoms with E-state index in [9.17, 15) is 9.59 Å². The quantitative estimate of drug-likeness (QED) is 0.579. The second-order valence-electron chi connectivity index (χ2n) is 5.74. The van der Waals surface area contributed by atoms with Crippen molar-refractivity contribution < 1.29 is 19.1 Å². The van der Waals surface area contributed by atoms with E-state index in [0.29, 0.717) is 30.1 Å². The Hall–Kier alpha value is -2.57. The lowest BCUT2D eigenvalue weighted by Gasteiger charge is -2.03. The number of carboxylic acid groups (broad SMARTS) is 1. The molecule has 0 saturated heterocycles. The molecule has 130 valence electrons. The number of furan rings is 1. The van der Waals surface area contributed by atoms with Gasteiger partial charge in [0.2, 0.25) is 0 Å². The predicted octanol–water partition coefficient (Wildman–Crippen LogP) is 3.13. The minimum Gasteiger partial charge on any atom is -0.481 e. The average molecular weight is 333 g/mol. The number of H-pyrrole nitrogens is 1.